The Labute approximate surface area is 192 Å². The molecule has 0 aliphatic heterocycles. The summed E-state index contributed by atoms with van der Waals surface area (Å²) in [7, 11) is 0. The molecule has 1 aliphatic rings. The van der Waals surface area contributed by atoms with Gasteiger partial charge in [-0.25, -0.2) is 10.4 Å². The van der Waals surface area contributed by atoms with Crippen LogP contribution in [-0.4, -0.2) is 22.6 Å². The Bertz CT molecular complexity index is 1230. The minimum Gasteiger partial charge on any atom is -0.396 e. The molecule has 6 heteroatoms. The molecule has 1 heterocycles. The van der Waals surface area contributed by atoms with E-state index in [1.54, 1.807) is 6.07 Å². The molecule has 3 aromatic rings. The van der Waals surface area contributed by atoms with Crippen molar-refractivity contribution in [2.24, 2.45) is 5.29 Å². The average molecular weight is 440 g/mol. The highest BCUT2D eigenvalue weighted by molar-refractivity contribution is 6.00. The number of fused-ring (bicyclic) bond motifs is 1. The van der Waals surface area contributed by atoms with Crippen molar-refractivity contribution in [3.63, 3.8) is 0 Å². The minimum absolute atomic E-state index is 0.195. The van der Waals surface area contributed by atoms with Crippen LogP contribution in [-0.2, 0) is 6.42 Å². The third-order valence-electron chi connectivity index (χ3n) is 5.68. The van der Waals surface area contributed by atoms with Gasteiger partial charge in [-0.2, -0.15) is 0 Å². The first-order valence-corrected chi connectivity index (χ1v) is 10.9. The summed E-state index contributed by atoms with van der Waals surface area (Å²) in [6.45, 7) is 2.21. The lowest BCUT2D eigenvalue weighted by Gasteiger charge is -2.11. The van der Waals surface area contributed by atoms with Crippen molar-refractivity contribution in [2.45, 2.75) is 26.2 Å². The number of pyridine rings is 1. The molecule has 4 rings (SSSR count). The van der Waals surface area contributed by atoms with E-state index in [1.165, 1.54) is 5.56 Å². The van der Waals surface area contributed by atoms with Crippen molar-refractivity contribution in [1.82, 2.24) is 10.4 Å². The number of aliphatic hydroxyl groups excluding tert-OH is 1. The van der Waals surface area contributed by atoms with Gasteiger partial charge >= 0.3 is 0 Å². The maximum Gasteiger partial charge on any atom is 0.274 e. The second kappa shape index (κ2) is 10.1. The van der Waals surface area contributed by atoms with Gasteiger partial charge in [0.15, 0.2) is 0 Å². The largest absolute Gasteiger partial charge is 0.396 e. The number of nitrogens with zero attached hydrogens (tertiary/aromatic N) is 2. The van der Waals surface area contributed by atoms with Crippen molar-refractivity contribution in [3.8, 4) is 22.4 Å². The summed E-state index contributed by atoms with van der Waals surface area (Å²) < 4.78 is 0. The maximum absolute atomic E-state index is 12.5. The van der Waals surface area contributed by atoms with Crippen LogP contribution in [0.1, 0.15) is 46.9 Å². The number of carbonyl (C=O) groups is 1. The molecule has 1 aromatic heterocycles. The molecule has 0 radical (unpaired) electrons. The van der Waals surface area contributed by atoms with Gasteiger partial charge in [0.25, 0.3) is 5.91 Å². The van der Waals surface area contributed by atoms with Crippen LogP contribution < -0.4 is 5.43 Å². The molecule has 0 fully saturated rings. The number of aromatic nitrogens is 1. The van der Waals surface area contributed by atoms with Crippen LogP contribution >= 0.6 is 0 Å². The Morgan fingerprint density at radius 3 is 2.39 bits per heavy atom. The Hall–Kier alpha value is -3.90. The first kappa shape index (κ1) is 22.3. The van der Waals surface area contributed by atoms with E-state index >= 15 is 0 Å². The van der Waals surface area contributed by atoms with Crippen LogP contribution in [0.15, 0.2) is 71.5 Å². The van der Waals surface area contributed by atoms with Gasteiger partial charge in [0.2, 0.25) is 0 Å². The number of nitroso groups, excluding NO2 is 1. The number of nitrogens with one attached hydrogen (secondary N) is 1. The Morgan fingerprint density at radius 1 is 1.06 bits per heavy atom. The zero-order chi connectivity index (χ0) is 23.2. The van der Waals surface area contributed by atoms with Gasteiger partial charge in [-0.05, 0) is 55.0 Å². The maximum atomic E-state index is 12.5. The van der Waals surface area contributed by atoms with E-state index < -0.39 is 5.91 Å². The third-order valence-corrected chi connectivity index (χ3v) is 5.68. The summed E-state index contributed by atoms with van der Waals surface area (Å²) in [6, 6.07) is 18.0. The van der Waals surface area contributed by atoms with Gasteiger partial charge in [-0.15, -0.1) is 4.91 Å². The number of hydrogen-bond acceptors (Lipinski definition) is 5. The van der Waals surface area contributed by atoms with E-state index in [2.05, 4.69) is 29.6 Å². The van der Waals surface area contributed by atoms with E-state index in [9.17, 15) is 9.70 Å². The van der Waals surface area contributed by atoms with Crippen LogP contribution in [0.4, 0.5) is 0 Å². The fraction of sp³-hybridized carbons (Fsp3) is 0.185. The van der Waals surface area contributed by atoms with Crippen LogP contribution in [0.2, 0.25) is 0 Å². The highest BCUT2D eigenvalue weighted by Gasteiger charge is 2.18. The summed E-state index contributed by atoms with van der Waals surface area (Å²) in [6.07, 6.45) is 8.20. The van der Waals surface area contributed by atoms with E-state index in [0.717, 1.165) is 41.5 Å². The first-order valence-electron chi connectivity index (χ1n) is 10.9. The Morgan fingerprint density at radius 2 is 1.73 bits per heavy atom. The fourth-order valence-corrected chi connectivity index (χ4v) is 3.93. The number of benzene rings is 2. The predicted molar refractivity (Wildman–Crippen MR) is 131 cm³/mol. The van der Waals surface area contributed by atoms with E-state index in [4.69, 9.17) is 10.1 Å². The van der Waals surface area contributed by atoms with Gasteiger partial charge in [0, 0.05) is 17.7 Å². The quantitative estimate of drug-likeness (QED) is 0.372. The summed E-state index contributed by atoms with van der Waals surface area (Å²) in [5.41, 5.74) is 9.76. The number of amides is 1. The molecule has 0 spiro atoms. The van der Waals surface area contributed by atoms with Crippen LogP contribution in [0.3, 0.4) is 0 Å². The molecule has 1 aliphatic carbocycles. The lowest BCUT2D eigenvalue weighted by atomic mass is 9.98. The lowest BCUT2D eigenvalue weighted by molar-refractivity contribution is 0.0954. The Kier molecular flexibility index (Phi) is 6.86. The van der Waals surface area contributed by atoms with Crippen molar-refractivity contribution >= 4 is 18.1 Å². The summed E-state index contributed by atoms with van der Waals surface area (Å²) >= 11 is 0. The third kappa shape index (κ3) is 5.13. The highest BCUT2D eigenvalue weighted by atomic mass is 16.3. The predicted octanol–water partition coefficient (Wildman–Crippen LogP) is 5.57. The number of aliphatic hydroxyl groups is 1. The molecule has 0 unspecified atom stereocenters. The fourth-order valence-electron chi connectivity index (χ4n) is 3.93. The first-order chi connectivity index (χ1) is 16.1. The van der Waals surface area contributed by atoms with Crippen LogP contribution in [0.25, 0.3) is 34.5 Å². The van der Waals surface area contributed by atoms with E-state index in [-0.39, 0.29) is 6.61 Å². The molecule has 0 saturated carbocycles. The smallest absolute Gasteiger partial charge is 0.274 e. The molecule has 2 N–H and O–H groups in total. The van der Waals surface area contributed by atoms with Gasteiger partial charge in [-0.3, -0.25) is 4.79 Å². The minimum atomic E-state index is -0.555. The zero-order valence-electron chi connectivity index (χ0n) is 18.4. The molecule has 33 heavy (non-hydrogen) atoms. The second-order valence-corrected chi connectivity index (χ2v) is 8.08. The molecule has 2 aromatic carbocycles. The van der Waals surface area contributed by atoms with Gasteiger partial charge in [0.1, 0.15) is 0 Å². The number of hydrogen-bond donors (Lipinski definition) is 2. The number of aryl methyl sites for hydroxylation is 1. The summed E-state index contributed by atoms with van der Waals surface area (Å²) in [5, 5.41) is 11.5. The van der Waals surface area contributed by atoms with E-state index in [0.29, 0.717) is 22.5 Å². The zero-order valence-corrected chi connectivity index (χ0v) is 18.4. The molecule has 0 saturated heterocycles. The average Bonchev–Trinajstić information content (AvgIpc) is 3.03. The van der Waals surface area contributed by atoms with Crippen molar-refractivity contribution in [2.75, 3.05) is 6.61 Å². The molecule has 166 valence electrons. The highest BCUT2D eigenvalue weighted by Crippen LogP contribution is 2.29. The standard InChI is InChI=1S/C27H25N3O3/c1-18-4-2-6-23-24(27(32)29-30-33)17-25(28-26(23)16-18)22-13-11-21(12-14-22)20-9-7-19(8-10-20)5-3-15-31/h2,6-14,16-17,31H,3-5,15H2,1H3,(H,29,32,33). The van der Waals surface area contributed by atoms with Crippen molar-refractivity contribution in [3.05, 3.63) is 93.5 Å². The van der Waals surface area contributed by atoms with Crippen LogP contribution in [0, 0.1) is 4.91 Å². The molecular formula is C27H25N3O3. The molecule has 0 atom stereocenters. The van der Waals surface area contributed by atoms with Crippen LogP contribution in [0.5, 0.6) is 0 Å². The van der Waals surface area contributed by atoms with Gasteiger partial charge < -0.3 is 5.11 Å². The summed E-state index contributed by atoms with van der Waals surface area (Å²) in [5.74, 6) is -0.555. The Balaban J connectivity index is 1.68. The van der Waals surface area contributed by atoms with Gasteiger partial charge in [-0.1, -0.05) is 66.3 Å². The molecule has 6 nitrogen and oxygen atoms in total. The normalized spacial score (nSPS) is 12.5. The number of carbonyl (C=O) groups excluding carboxylic acids is 1. The monoisotopic (exact) mass is 439 g/mol. The van der Waals surface area contributed by atoms with Crippen molar-refractivity contribution < 1.29 is 9.90 Å². The molecule has 0 bridgehead atoms. The topological polar surface area (TPSA) is 91.7 Å². The lowest BCUT2D eigenvalue weighted by Crippen LogP contribution is -2.18. The second-order valence-electron chi connectivity index (χ2n) is 8.08. The SMILES string of the molecule is CC1=Cc2nc(-c3ccc(-c4ccc(CCCO)cc4)cc3)cc(C(=O)NN=O)c2C=CC1. The van der Waals surface area contributed by atoms with E-state index in [1.807, 2.05) is 54.8 Å². The van der Waals surface area contributed by atoms with Gasteiger partial charge in [0.05, 0.1) is 22.2 Å². The molecular weight excluding hydrogens is 414 g/mol. The van der Waals surface area contributed by atoms with Crippen molar-refractivity contribution in [1.29, 1.82) is 0 Å². The molecule has 1 amide bonds. The number of allylic oxidation sites excluding steroid dienone is 2. The summed E-state index contributed by atoms with van der Waals surface area (Å²) in [4.78, 5) is 28.0. The number of rotatable bonds is 7.